The zero-order valence-corrected chi connectivity index (χ0v) is 15.2. The molecule has 0 spiro atoms. The first-order chi connectivity index (χ1) is 9.20. The molecule has 1 aromatic rings. The van der Waals surface area contributed by atoms with Gasteiger partial charge in [0.2, 0.25) is 0 Å². The molecule has 0 bridgehead atoms. The quantitative estimate of drug-likeness (QED) is 0.457. The van der Waals surface area contributed by atoms with Gasteiger partial charge in [0.05, 0.1) is 0 Å². The highest BCUT2D eigenvalue weighted by molar-refractivity contribution is 14.0. The first kappa shape index (κ1) is 17.6. The molecule has 1 fully saturated rings. The Balaban J connectivity index is 0.00000200. The maximum absolute atomic E-state index is 6.20. The summed E-state index contributed by atoms with van der Waals surface area (Å²) >= 11 is 6.20. The van der Waals surface area contributed by atoms with E-state index in [2.05, 4.69) is 35.2 Å². The van der Waals surface area contributed by atoms with E-state index >= 15 is 0 Å². The van der Waals surface area contributed by atoms with Crippen LogP contribution in [0.1, 0.15) is 25.3 Å². The number of hydrogen-bond donors (Lipinski definition) is 1. The van der Waals surface area contributed by atoms with Crippen molar-refractivity contribution in [2.75, 3.05) is 20.1 Å². The SMILES string of the molecule is CCNC(=NCC1CC1)N(C)Cc1ccccc1Cl.I. The molecule has 1 aliphatic rings. The van der Waals surface area contributed by atoms with Gasteiger partial charge in [-0.3, -0.25) is 4.99 Å². The molecule has 0 heterocycles. The zero-order chi connectivity index (χ0) is 13.7. The number of benzene rings is 1. The van der Waals surface area contributed by atoms with Crippen LogP contribution in [-0.4, -0.2) is 31.0 Å². The van der Waals surface area contributed by atoms with Crippen molar-refractivity contribution < 1.29 is 0 Å². The lowest BCUT2D eigenvalue weighted by Crippen LogP contribution is -2.38. The van der Waals surface area contributed by atoms with Crippen LogP contribution < -0.4 is 5.32 Å². The Labute approximate surface area is 143 Å². The summed E-state index contributed by atoms with van der Waals surface area (Å²) in [6.45, 7) is 4.69. The number of hydrogen-bond acceptors (Lipinski definition) is 1. The maximum Gasteiger partial charge on any atom is 0.193 e. The Hall–Kier alpha value is -0.490. The van der Waals surface area contributed by atoms with Crippen LogP contribution in [-0.2, 0) is 6.54 Å². The van der Waals surface area contributed by atoms with Crippen LogP contribution in [0.4, 0.5) is 0 Å². The summed E-state index contributed by atoms with van der Waals surface area (Å²) in [5.41, 5.74) is 1.13. The highest BCUT2D eigenvalue weighted by atomic mass is 127. The number of rotatable bonds is 5. The van der Waals surface area contributed by atoms with Crippen LogP contribution in [0.15, 0.2) is 29.3 Å². The van der Waals surface area contributed by atoms with Gasteiger partial charge in [-0.25, -0.2) is 0 Å². The molecule has 0 saturated heterocycles. The molecule has 1 N–H and O–H groups in total. The number of guanidine groups is 1. The molecule has 0 aliphatic heterocycles. The molecule has 112 valence electrons. The Morgan fingerprint density at radius 1 is 1.40 bits per heavy atom. The number of nitrogens with one attached hydrogen (secondary N) is 1. The standard InChI is InChI=1S/C15H22ClN3.HI/c1-3-17-15(18-10-12-8-9-12)19(2)11-13-6-4-5-7-14(13)16;/h4-7,12H,3,8-11H2,1-2H3,(H,17,18);1H. The molecule has 3 nitrogen and oxygen atoms in total. The second kappa shape index (κ2) is 8.72. The van der Waals surface area contributed by atoms with E-state index in [1.807, 2.05) is 18.2 Å². The highest BCUT2D eigenvalue weighted by Gasteiger charge is 2.21. The molecule has 0 aromatic heterocycles. The van der Waals surface area contributed by atoms with Crippen molar-refractivity contribution in [2.45, 2.75) is 26.3 Å². The first-order valence-electron chi connectivity index (χ1n) is 6.93. The number of nitrogens with zero attached hydrogens (tertiary/aromatic N) is 2. The Kier molecular flexibility index (Phi) is 7.66. The molecule has 5 heteroatoms. The van der Waals surface area contributed by atoms with Crippen LogP contribution in [0.3, 0.4) is 0 Å². The molecule has 0 amide bonds. The van der Waals surface area contributed by atoms with Gasteiger partial charge in [-0.15, -0.1) is 24.0 Å². The topological polar surface area (TPSA) is 27.6 Å². The van der Waals surface area contributed by atoms with Crippen LogP contribution in [0.25, 0.3) is 0 Å². The van der Waals surface area contributed by atoms with Gasteiger partial charge in [0.25, 0.3) is 0 Å². The van der Waals surface area contributed by atoms with Gasteiger partial charge >= 0.3 is 0 Å². The molecule has 0 unspecified atom stereocenters. The number of halogens is 2. The van der Waals surface area contributed by atoms with Crippen LogP contribution >= 0.6 is 35.6 Å². The van der Waals surface area contributed by atoms with Crippen molar-refractivity contribution in [3.8, 4) is 0 Å². The van der Waals surface area contributed by atoms with E-state index in [-0.39, 0.29) is 24.0 Å². The minimum absolute atomic E-state index is 0. The van der Waals surface area contributed by atoms with Gasteiger partial charge in [0, 0.05) is 31.7 Å². The molecule has 0 atom stereocenters. The molecule has 0 radical (unpaired) electrons. The van der Waals surface area contributed by atoms with Crippen molar-refractivity contribution in [1.82, 2.24) is 10.2 Å². The van der Waals surface area contributed by atoms with Crippen LogP contribution in [0.5, 0.6) is 0 Å². The summed E-state index contributed by atoms with van der Waals surface area (Å²) in [7, 11) is 2.05. The highest BCUT2D eigenvalue weighted by Crippen LogP contribution is 2.28. The second-order valence-electron chi connectivity index (χ2n) is 5.09. The molecule has 2 rings (SSSR count). The van der Waals surface area contributed by atoms with E-state index in [1.54, 1.807) is 0 Å². The fraction of sp³-hybridized carbons (Fsp3) is 0.533. The largest absolute Gasteiger partial charge is 0.357 e. The summed E-state index contributed by atoms with van der Waals surface area (Å²) in [5.74, 6) is 1.77. The monoisotopic (exact) mass is 407 g/mol. The normalized spacial score (nSPS) is 14.7. The summed E-state index contributed by atoms with van der Waals surface area (Å²) in [6.07, 6.45) is 2.66. The summed E-state index contributed by atoms with van der Waals surface area (Å²) in [5, 5.41) is 4.15. The average Bonchev–Trinajstić information content (AvgIpc) is 3.21. The fourth-order valence-corrected chi connectivity index (χ4v) is 2.14. The van der Waals surface area contributed by atoms with Crippen LogP contribution in [0.2, 0.25) is 5.02 Å². The van der Waals surface area contributed by atoms with E-state index in [1.165, 1.54) is 12.8 Å². The van der Waals surface area contributed by atoms with E-state index < -0.39 is 0 Å². The minimum Gasteiger partial charge on any atom is -0.357 e. The van der Waals surface area contributed by atoms with E-state index in [4.69, 9.17) is 11.6 Å². The van der Waals surface area contributed by atoms with Crippen molar-refractivity contribution in [3.05, 3.63) is 34.9 Å². The molecule has 1 saturated carbocycles. The third-order valence-electron chi connectivity index (χ3n) is 3.26. The van der Waals surface area contributed by atoms with Gasteiger partial charge in [0.1, 0.15) is 0 Å². The summed E-state index contributed by atoms with van der Waals surface area (Å²) in [4.78, 5) is 6.82. The van der Waals surface area contributed by atoms with Crippen molar-refractivity contribution >= 4 is 41.5 Å². The third-order valence-corrected chi connectivity index (χ3v) is 3.63. The lowest BCUT2D eigenvalue weighted by molar-refractivity contribution is 0.476. The average molecular weight is 408 g/mol. The lowest BCUT2D eigenvalue weighted by atomic mass is 10.2. The Morgan fingerprint density at radius 2 is 2.10 bits per heavy atom. The van der Waals surface area contributed by atoms with E-state index in [0.717, 1.165) is 42.1 Å². The van der Waals surface area contributed by atoms with E-state index in [9.17, 15) is 0 Å². The lowest BCUT2D eigenvalue weighted by Gasteiger charge is -2.22. The van der Waals surface area contributed by atoms with Crippen molar-refractivity contribution in [3.63, 3.8) is 0 Å². The smallest absolute Gasteiger partial charge is 0.193 e. The Bertz CT molecular complexity index is 446. The predicted molar refractivity (Wildman–Crippen MR) is 97.0 cm³/mol. The van der Waals surface area contributed by atoms with Gasteiger partial charge < -0.3 is 10.2 Å². The number of aliphatic imine (C=N–C) groups is 1. The summed E-state index contributed by atoms with van der Waals surface area (Å²) in [6, 6.07) is 7.96. The summed E-state index contributed by atoms with van der Waals surface area (Å²) < 4.78 is 0. The molecular weight excluding hydrogens is 385 g/mol. The van der Waals surface area contributed by atoms with Crippen molar-refractivity contribution in [2.24, 2.45) is 10.9 Å². The third kappa shape index (κ3) is 5.48. The molecule has 1 aromatic carbocycles. The van der Waals surface area contributed by atoms with Gasteiger partial charge in [0.15, 0.2) is 5.96 Å². The second-order valence-corrected chi connectivity index (χ2v) is 5.49. The van der Waals surface area contributed by atoms with E-state index in [0.29, 0.717) is 0 Å². The van der Waals surface area contributed by atoms with Gasteiger partial charge in [-0.1, -0.05) is 29.8 Å². The predicted octanol–water partition coefficient (Wildman–Crippen LogP) is 3.77. The minimum atomic E-state index is 0. The fourth-order valence-electron chi connectivity index (χ4n) is 1.94. The van der Waals surface area contributed by atoms with Crippen LogP contribution in [0, 0.1) is 5.92 Å². The zero-order valence-electron chi connectivity index (χ0n) is 12.1. The van der Waals surface area contributed by atoms with Crippen molar-refractivity contribution in [1.29, 1.82) is 0 Å². The molecule has 20 heavy (non-hydrogen) atoms. The van der Waals surface area contributed by atoms with Gasteiger partial charge in [-0.2, -0.15) is 0 Å². The van der Waals surface area contributed by atoms with Gasteiger partial charge in [-0.05, 0) is 37.3 Å². The first-order valence-corrected chi connectivity index (χ1v) is 7.31. The Morgan fingerprint density at radius 3 is 2.70 bits per heavy atom. The maximum atomic E-state index is 6.20. The molecular formula is C15H23ClIN3. The molecule has 1 aliphatic carbocycles.